The maximum absolute atomic E-state index is 11.2. The second-order valence-electron chi connectivity index (χ2n) is 4.83. The van der Waals surface area contributed by atoms with Crippen molar-refractivity contribution in [1.29, 1.82) is 0 Å². The lowest BCUT2D eigenvalue weighted by molar-refractivity contribution is 0.111. The Kier molecular flexibility index (Phi) is 4.55. The summed E-state index contributed by atoms with van der Waals surface area (Å²) in [6, 6.07) is 5.62. The van der Waals surface area contributed by atoms with Crippen molar-refractivity contribution in [3.8, 4) is 5.69 Å². The van der Waals surface area contributed by atoms with E-state index in [4.69, 9.17) is 11.6 Å². The molecule has 0 saturated heterocycles. The fraction of sp³-hybridized carbons (Fsp3) is 0.400. The average Bonchev–Trinajstić information content (AvgIpc) is 2.84. The minimum atomic E-state index is 0.264. The Morgan fingerprint density at radius 3 is 2.60 bits per heavy atom. The number of benzene rings is 1. The van der Waals surface area contributed by atoms with Gasteiger partial charge in [0.15, 0.2) is 6.29 Å². The number of carbonyl (C=O) groups excluding carboxylic acids is 1. The number of hydrogen-bond acceptors (Lipinski definition) is 3. The SMILES string of the molecule is CCC(CC)c1c(C=O)nnn1-c1ccc(Cl)cc1C. The second kappa shape index (κ2) is 6.18. The summed E-state index contributed by atoms with van der Waals surface area (Å²) in [6.45, 7) is 6.18. The number of nitrogens with zero attached hydrogens (tertiary/aromatic N) is 3. The highest BCUT2D eigenvalue weighted by atomic mass is 35.5. The number of halogens is 1. The summed E-state index contributed by atoms with van der Waals surface area (Å²) in [5, 5.41) is 8.85. The number of hydrogen-bond donors (Lipinski definition) is 0. The zero-order chi connectivity index (χ0) is 14.7. The number of aromatic nitrogens is 3. The topological polar surface area (TPSA) is 47.8 Å². The zero-order valence-corrected chi connectivity index (χ0v) is 12.7. The third-order valence-electron chi connectivity index (χ3n) is 3.60. The molecule has 4 nitrogen and oxygen atoms in total. The van der Waals surface area contributed by atoms with Crippen molar-refractivity contribution in [2.24, 2.45) is 0 Å². The molecule has 0 atom stereocenters. The fourth-order valence-corrected chi connectivity index (χ4v) is 2.70. The molecule has 2 aromatic rings. The van der Waals surface area contributed by atoms with Gasteiger partial charge < -0.3 is 0 Å². The summed E-state index contributed by atoms with van der Waals surface area (Å²) < 4.78 is 1.77. The van der Waals surface area contributed by atoms with E-state index in [1.165, 1.54) is 0 Å². The van der Waals surface area contributed by atoms with E-state index in [1.807, 2.05) is 25.1 Å². The van der Waals surface area contributed by atoms with Crippen molar-refractivity contribution in [3.05, 3.63) is 40.2 Å². The molecular weight excluding hydrogens is 274 g/mol. The second-order valence-corrected chi connectivity index (χ2v) is 5.27. The van der Waals surface area contributed by atoms with Crippen LogP contribution in [0.4, 0.5) is 0 Å². The Balaban J connectivity index is 2.62. The van der Waals surface area contributed by atoms with Gasteiger partial charge in [0, 0.05) is 10.9 Å². The molecule has 1 aromatic carbocycles. The van der Waals surface area contributed by atoms with Crippen molar-refractivity contribution in [2.45, 2.75) is 39.5 Å². The van der Waals surface area contributed by atoms with Gasteiger partial charge in [-0.15, -0.1) is 5.10 Å². The average molecular weight is 292 g/mol. The summed E-state index contributed by atoms with van der Waals surface area (Å²) >= 11 is 5.99. The fourth-order valence-electron chi connectivity index (χ4n) is 2.48. The van der Waals surface area contributed by atoms with Crippen LogP contribution in [0, 0.1) is 6.92 Å². The molecule has 0 aliphatic carbocycles. The lowest BCUT2D eigenvalue weighted by Gasteiger charge is -2.16. The predicted octanol–water partition coefficient (Wildman–Crippen LogP) is 3.95. The maximum atomic E-state index is 11.2. The van der Waals surface area contributed by atoms with Crippen molar-refractivity contribution < 1.29 is 4.79 Å². The number of aryl methyl sites for hydroxylation is 1. The largest absolute Gasteiger partial charge is 0.296 e. The van der Waals surface area contributed by atoms with Crippen LogP contribution in [-0.4, -0.2) is 21.3 Å². The molecule has 0 fully saturated rings. The highest BCUT2D eigenvalue weighted by Crippen LogP contribution is 2.28. The quantitative estimate of drug-likeness (QED) is 0.784. The number of aldehydes is 1. The van der Waals surface area contributed by atoms with E-state index < -0.39 is 0 Å². The van der Waals surface area contributed by atoms with Crippen molar-refractivity contribution in [3.63, 3.8) is 0 Å². The van der Waals surface area contributed by atoms with Crippen molar-refractivity contribution in [2.75, 3.05) is 0 Å². The van der Waals surface area contributed by atoms with Crippen LogP contribution in [0.3, 0.4) is 0 Å². The molecule has 0 saturated carbocycles. The molecule has 0 bridgehead atoms. The van der Waals surface area contributed by atoms with Crippen LogP contribution in [0.25, 0.3) is 5.69 Å². The highest BCUT2D eigenvalue weighted by Gasteiger charge is 2.21. The maximum Gasteiger partial charge on any atom is 0.172 e. The summed E-state index contributed by atoms with van der Waals surface area (Å²) in [7, 11) is 0. The number of rotatable bonds is 5. The van der Waals surface area contributed by atoms with Crippen LogP contribution in [-0.2, 0) is 0 Å². The first-order chi connectivity index (χ1) is 9.62. The van der Waals surface area contributed by atoms with Crippen LogP contribution in [0.2, 0.25) is 5.02 Å². The molecule has 2 rings (SSSR count). The monoisotopic (exact) mass is 291 g/mol. The van der Waals surface area contributed by atoms with Crippen LogP contribution < -0.4 is 0 Å². The summed E-state index contributed by atoms with van der Waals surface area (Å²) in [5.74, 6) is 0.264. The molecule has 106 valence electrons. The van der Waals surface area contributed by atoms with E-state index in [2.05, 4.69) is 24.2 Å². The molecule has 0 spiro atoms. The highest BCUT2D eigenvalue weighted by molar-refractivity contribution is 6.30. The molecule has 1 heterocycles. The first kappa shape index (κ1) is 14.7. The Labute approximate surface area is 123 Å². The minimum Gasteiger partial charge on any atom is -0.296 e. The van der Waals surface area contributed by atoms with Crippen LogP contribution in [0.15, 0.2) is 18.2 Å². The van der Waals surface area contributed by atoms with Gasteiger partial charge in [0.25, 0.3) is 0 Å². The lowest BCUT2D eigenvalue weighted by Crippen LogP contribution is -2.09. The molecule has 0 amide bonds. The van der Waals surface area contributed by atoms with Gasteiger partial charge in [-0.1, -0.05) is 30.7 Å². The summed E-state index contributed by atoms with van der Waals surface area (Å²) in [6.07, 6.45) is 2.66. The third kappa shape index (κ3) is 2.61. The normalized spacial score (nSPS) is 11.1. The first-order valence-electron chi connectivity index (χ1n) is 6.79. The van der Waals surface area contributed by atoms with Gasteiger partial charge in [-0.3, -0.25) is 4.79 Å². The van der Waals surface area contributed by atoms with Crippen molar-refractivity contribution in [1.82, 2.24) is 15.0 Å². The molecule has 0 aliphatic rings. The van der Waals surface area contributed by atoms with Gasteiger partial charge in [-0.25, -0.2) is 4.68 Å². The summed E-state index contributed by atoms with van der Waals surface area (Å²) in [4.78, 5) is 11.2. The van der Waals surface area contributed by atoms with Crippen LogP contribution >= 0.6 is 11.6 Å². The molecule has 5 heteroatoms. The molecule has 0 N–H and O–H groups in total. The predicted molar refractivity (Wildman–Crippen MR) is 79.8 cm³/mol. The number of carbonyl (C=O) groups is 1. The van der Waals surface area contributed by atoms with E-state index in [-0.39, 0.29) is 5.92 Å². The van der Waals surface area contributed by atoms with Gasteiger partial charge >= 0.3 is 0 Å². The van der Waals surface area contributed by atoms with Gasteiger partial charge in [0.05, 0.1) is 11.4 Å². The Morgan fingerprint density at radius 2 is 2.05 bits per heavy atom. The van der Waals surface area contributed by atoms with Gasteiger partial charge in [-0.05, 0) is 43.5 Å². The molecule has 0 unspecified atom stereocenters. The molecule has 20 heavy (non-hydrogen) atoms. The van der Waals surface area contributed by atoms with Gasteiger partial charge in [0.2, 0.25) is 0 Å². The van der Waals surface area contributed by atoms with Crippen LogP contribution in [0.5, 0.6) is 0 Å². The van der Waals surface area contributed by atoms with E-state index in [0.717, 1.165) is 36.1 Å². The van der Waals surface area contributed by atoms with E-state index in [9.17, 15) is 4.79 Å². The molecule has 0 radical (unpaired) electrons. The minimum absolute atomic E-state index is 0.264. The summed E-state index contributed by atoms with van der Waals surface area (Å²) in [5.41, 5.74) is 3.23. The molecular formula is C15H18ClN3O. The van der Waals surface area contributed by atoms with Crippen molar-refractivity contribution >= 4 is 17.9 Å². The smallest absolute Gasteiger partial charge is 0.172 e. The molecule has 1 aromatic heterocycles. The third-order valence-corrected chi connectivity index (χ3v) is 3.84. The van der Waals surface area contributed by atoms with E-state index in [1.54, 1.807) is 4.68 Å². The standard InChI is InChI=1S/C15H18ClN3O/c1-4-11(5-2)15-13(9-20)17-18-19(15)14-7-6-12(16)8-10(14)3/h6-9,11H,4-5H2,1-3H3. The first-order valence-corrected chi connectivity index (χ1v) is 7.17. The van der Waals surface area contributed by atoms with Crippen LogP contribution in [0.1, 0.15) is 54.4 Å². The van der Waals surface area contributed by atoms with Gasteiger partial charge in [0.1, 0.15) is 5.69 Å². The van der Waals surface area contributed by atoms with Gasteiger partial charge in [-0.2, -0.15) is 0 Å². The lowest BCUT2D eigenvalue weighted by atomic mass is 9.97. The Bertz CT molecular complexity index is 618. The Morgan fingerprint density at radius 1 is 1.35 bits per heavy atom. The van der Waals surface area contributed by atoms with E-state index in [0.29, 0.717) is 10.7 Å². The Hall–Kier alpha value is -1.68. The molecule has 0 aliphatic heterocycles. The zero-order valence-electron chi connectivity index (χ0n) is 11.9. The van der Waals surface area contributed by atoms with E-state index >= 15 is 0 Å².